The van der Waals surface area contributed by atoms with Gasteiger partial charge in [-0.05, 0) is 24.4 Å². The van der Waals surface area contributed by atoms with E-state index in [0.29, 0.717) is 0 Å². The predicted molar refractivity (Wildman–Crippen MR) is 78.4 cm³/mol. The average Bonchev–Trinajstić information content (AvgIpc) is 2.71. The molecule has 0 atom stereocenters. The molecular weight excluding hydrogens is 319 g/mol. The molecule has 1 heterocycles. The van der Waals surface area contributed by atoms with Crippen molar-refractivity contribution in [3.8, 4) is 0 Å². The summed E-state index contributed by atoms with van der Waals surface area (Å²) in [6.07, 6.45) is -4.55. The molecule has 0 aliphatic carbocycles. The van der Waals surface area contributed by atoms with Gasteiger partial charge in [0.2, 0.25) is 0 Å². The molecule has 22 heavy (non-hydrogen) atoms. The molecule has 10 heteroatoms. The molecule has 1 aliphatic rings. The maximum absolute atomic E-state index is 12.8. The van der Waals surface area contributed by atoms with Crippen molar-refractivity contribution in [3.05, 3.63) is 42.1 Å². The number of hydrazone groups is 1. The van der Waals surface area contributed by atoms with Crippen molar-refractivity contribution in [2.45, 2.75) is 6.18 Å². The standard InChI is InChI=1S/C12H10F3N5OS/c1-6-9(10(21)20(19-6)11(16)22)18-17-8-5-3-2-4-7(8)12(13,14)15/h2-5,17,19H,1H2,(H2,16,22). The zero-order valence-corrected chi connectivity index (χ0v) is 11.8. The van der Waals surface area contributed by atoms with Crippen LogP contribution in [0.3, 0.4) is 0 Å². The lowest BCUT2D eigenvalue weighted by molar-refractivity contribution is -0.137. The SMILES string of the molecule is C=C1NN(C(N)=S)C(=O)C1=NNc1ccccc1C(F)(F)F. The van der Waals surface area contributed by atoms with Crippen molar-refractivity contribution >= 4 is 34.6 Å². The second kappa shape index (κ2) is 5.64. The van der Waals surface area contributed by atoms with Gasteiger partial charge in [-0.2, -0.15) is 23.3 Å². The van der Waals surface area contributed by atoms with E-state index in [-0.39, 0.29) is 22.2 Å². The fourth-order valence-corrected chi connectivity index (χ4v) is 1.82. The van der Waals surface area contributed by atoms with Crippen LogP contribution in [0.2, 0.25) is 0 Å². The van der Waals surface area contributed by atoms with Gasteiger partial charge in [0.1, 0.15) is 0 Å². The van der Waals surface area contributed by atoms with Gasteiger partial charge < -0.3 is 5.73 Å². The number of anilines is 1. The summed E-state index contributed by atoms with van der Waals surface area (Å²) in [6, 6.07) is 4.74. The fraction of sp³-hybridized carbons (Fsp3) is 0.0833. The molecule has 0 saturated carbocycles. The Hall–Kier alpha value is -2.62. The Bertz CT molecular complexity index is 686. The van der Waals surface area contributed by atoms with Crippen LogP contribution in [0.5, 0.6) is 0 Å². The summed E-state index contributed by atoms with van der Waals surface area (Å²) in [5.74, 6) is -0.713. The summed E-state index contributed by atoms with van der Waals surface area (Å²) in [4.78, 5) is 11.9. The fourth-order valence-electron chi connectivity index (χ4n) is 1.69. The number of alkyl halides is 3. The molecule has 0 bridgehead atoms. The molecule has 1 aromatic carbocycles. The van der Waals surface area contributed by atoms with E-state index in [9.17, 15) is 18.0 Å². The minimum Gasteiger partial charge on any atom is -0.374 e. The largest absolute Gasteiger partial charge is 0.418 e. The third kappa shape index (κ3) is 3.01. The molecule has 0 unspecified atom stereocenters. The number of hydrazine groups is 1. The van der Waals surface area contributed by atoms with Crippen LogP contribution in [0.4, 0.5) is 18.9 Å². The first-order chi connectivity index (χ1) is 10.2. The van der Waals surface area contributed by atoms with Crippen LogP contribution >= 0.6 is 12.2 Å². The summed E-state index contributed by atoms with van der Waals surface area (Å²) in [7, 11) is 0. The lowest BCUT2D eigenvalue weighted by Gasteiger charge is -2.12. The van der Waals surface area contributed by atoms with Crippen LogP contribution < -0.4 is 16.6 Å². The molecule has 1 aromatic rings. The van der Waals surface area contributed by atoms with Gasteiger partial charge in [0, 0.05) is 0 Å². The summed E-state index contributed by atoms with van der Waals surface area (Å²) in [6.45, 7) is 3.52. The number of carbonyl (C=O) groups excluding carboxylic acids is 1. The number of thiocarbonyl (C=S) groups is 1. The van der Waals surface area contributed by atoms with Crippen LogP contribution in [-0.4, -0.2) is 21.7 Å². The zero-order chi connectivity index (χ0) is 16.5. The highest BCUT2D eigenvalue weighted by Crippen LogP contribution is 2.34. The first-order valence-corrected chi connectivity index (χ1v) is 6.22. The van der Waals surface area contributed by atoms with E-state index in [4.69, 9.17) is 5.73 Å². The first kappa shape index (κ1) is 15.8. The Balaban J connectivity index is 2.28. The van der Waals surface area contributed by atoms with Crippen LogP contribution in [-0.2, 0) is 11.0 Å². The number of nitrogens with zero attached hydrogens (tertiary/aromatic N) is 2. The predicted octanol–water partition coefficient (Wildman–Crippen LogP) is 1.58. The minimum atomic E-state index is -4.55. The normalized spacial score (nSPS) is 16.9. The van der Waals surface area contributed by atoms with Crippen molar-refractivity contribution in [1.82, 2.24) is 10.4 Å². The average molecular weight is 329 g/mol. The topological polar surface area (TPSA) is 82.8 Å². The van der Waals surface area contributed by atoms with E-state index in [2.05, 4.69) is 34.7 Å². The van der Waals surface area contributed by atoms with Gasteiger partial charge in [0.25, 0.3) is 0 Å². The number of para-hydroxylation sites is 1. The number of benzene rings is 1. The first-order valence-electron chi connectivity index (χ1n) is 5.81. The molecule has 1 amide bonds. The van der Waals surface area contributed by atoms with Gasteiger partial charge in [-0.15, -0.1) is 0 Å². The third-order valence-corrected chi connectivity index (χ3v) is 2.86. The van der Waals surface area contributed by atoms with E-state index in [1.807, 2.05) is 0 Å². The molecule has 0 spiro atoms. The molecule has 4 N–H and O–H groups in total. The van der Waals surface area contributed by atoms with Crippen molar-refractivity contribution in [2.75, 3.05) is 5.43 Å². The van der Waals surface area contributed by atoms with Crippen LogP contribution in [0.15, 0.2) is 41.6 Å². The monoisotopic (exact) mass is 329 g/mol. The van der Waals surface area contributed by atoms with Gasteiger partial charge in [-0.1, -0.05) is 18.7 Å². The smallest absolute Gasteiger partial charge is 0.374 e. The maximum atomic E-state index is 12.8. The summed E-state index contributed by atoms with van der Waals surface area (Å²) >= 11 is 4.64. The number of halogens is 3. The van der Waals surface area contributed by atoms with Crippen LogP contribution in [0.25, 0.3) is 0 Å². The van der Waals surface area contributed by atoms with Gasteiger partial charge in [0.15, 0.2) is 10.8 Å². The van der Waals surface area contributed by atoms with E-state index in [0.717, 1.165) is 11.1 Å². The molecule has 1 aliphatic heterocycles. The van der Waals surface area contributed by atoms with Crippen LogP contribution in [0, 0.1) is 0 Å². The summed E-state index contributed by atoms with van der Waals surface area (Å²) in [5.41, 5.74) is 8.64. The molecule has 1 fully saturated rings. The second-order valence-electron chi connectivity index (χ2n) is 4.18. The minimum absolute atomic E-state index is 0.0646. The van der Waals surface area contributed by atoms with Crippen molar-refractivity contribution in [3.63, 3.8) is 0 Å². The molecule has 0 aromatic heterocycles. The Morgan fingerprint density at radius 3 is 2.59 bits per heavy atom. The molecule has 1 saturated heterocycles. The van der Waals surface area contributed by atoms with E-state index < -0.39 is 17.6 Å². The number of carbonyl (C=O) groups is 1. The van der Waals surface area contributed by atoms with E-state index in [1.54, 1.807) is 0 Å². The highest BCUT2D eigenvalue weighted by molar-refractivity contribution is 7.80. The van der Waals surface area contributed by atoms with Gasteiger partial charge in [0.05, 0.1) is 16.9 Å². The number of rotatable bonds is 2. The quantitative estimate of drug-likeness (QED) is 0.567. The zero-order valence-electron chi connectivity index (χ0n) is 10.9. The number of hydrogen-bond acceptors (Lipinski definition) is 5. The molecule has 2 rings (SSSR count). The van der Waals surface area contributed by atoms with Gasteiger partial charge in [-0.3, -0.25) is 15.6 Å². The number of nitrogens with two attached hydrogens (primary N) is 1. The lowest BCUT2D eigenvalue weighted by atomic mass is 10.2. The molecular formula is C12H10F3N5OS. The third-order valence-electron chi connectivity index (χ3n) is 2.68. The molecule has 0 radical (unpaired) electrons. The maximum Gasteiger partial charge on any atom is 0.418 e. The second-order valence-corrected chi connectivity index (χ2v) is 4.60. The Kier molecular flexibility index (Phi) is 4.04. The van der Waals surface area contributed by atoms with Crippen molar-refractivity contribution < 1.29 is 18.0 Å². The number of nitrogens with one attached hydrogen (secondary N) is 2. The van der Waals surface area contributed by atoms with Crippen molar-refractivity contribution in [2.24, 2.45) is 10.8 Å². The Labute approximate surface area is 128 Å². The highest BCUT2D eigenvalue weighted by Gasteiger charge is 2.35. The molecule has 116 valence electrons. The van der Waals surface area contributed by atoms with Crippen LogP contribution in [0.1, 0.15) is 5.56 Å². The number of hydrogen-bond donors (Lipinski definition) is 3. The van der Waals surface area contributed by atoms with Gasteiger partial charge >= 0.3 is 12.1 Å². The lowest BCUT2D eigenvalue weighted by Crippen LogP contribution is -2.43. The molecule has 6 nitrogen and oxygen atoms in total. The number of amides is 1. The summed E-state index contributed by atoms with van der Waals surface area (Å²) in [5, 5.41) is 4.22. The van der Waals surface area contributed by atoms with Crippen molar-refractivity contribution in [1.29, 1.82) is 0 Å². The van der Waals surface area contributed by atoms with E-state index >= 15 is 0 Å². The van der Waals surface area contributed by atoms with E-state index in [1.165, 1.54) is 18.2 Å². The Morgan fingerprint density at radius 2 is 2.05 bits per heavy atom. The van der Waals surface area contributed by atoms with Gasteiger partial charge in [-0.25, -0.2) is 0 Å². The summed E-state index contributed by atoms with van der Waals surface area (Å²) < 4.78 is 38.5. The highest BCUT2D eigenvalue weighted by atomic mass is 32.1. The Morgan fingerprint density at radius 1 is 1.41 bits per heavy atom.